The van der Waals surface area contributed by atoms with Crippen LogP contribution in [0.5, 0.6) is 0 Å². The highest BCUT2D eigenvalue weighted by molar-refractivity contribution is 7.90. The van der Waals surface area contributed by atoms with E-state index in [1.165, 1.54) is 60.7 Å². The normalized spacial score (nSPS) is 11.0. The molecule has 0 fully saturated rings. The van der Waals surface area contributed by atoms with Gasteiger partial charge in [-0.05, 0) is 48.0 Å². The minimum Gasteiger partial charge on any atom is -0.321 e. The summed E-state index contributed by atoms with van der Waals surface area (Å²) in [5.74, 6) is -1.75. The van der Waals surface area contributed by atoms with Gasteiger partial charge in [-0.25, -0.2) is 22.2 Å². The van der Waals surface area contributed by atoms with Crippen LogP contribution in [0.4, 0.5) is 10.1 Å². The number of hydrogen-bond donors (Lipinski definition) is 2. The summed E-state index contributed by atoms with van der Waals surface area (Å²) in [5, 5.41) is 6.58. The third kappa shape index (κ3) is 5.60. The number of anilines is 1. The average Bonchev–Trinajstić information content (AvgIpc) is 2.70. The number of sulfonamides is 1. The van der Waals surface area contributed by atoms with Crippen molar-refractivity contribution in [3.63, 3.8) is 0 Å². The van der Waals surface area contributed by atoms with E-state index in [1.807, 2.05) is 4.72 Å². The molecule has 31 heavy (non-hydrogen) atoms. The zero-order valence-electron chi connectivity index (χ0n) is 16.2. The Balaban J connectivity index is 1.75. The molecule has 1 aromatic heterocycles. The van der Waals surface area contributed by atoms with Gasteiger partial charge in [0.15, 0.2) is 0 Å². The summed E-state index contributed by atoms with van der Waals surface area (Å²) in [5.41, 5.74) is 0.430. The van der Waals surface area contributed by atoms with Crippen LogP contribution in [0.2, 0.25) is 0 Å². The Labute approximate surface area is 176 Å². The number of amides is 2. The highest BCUT2D eigenvalue weighted by Gasteiger charge is 2.16. The van der Waals surface area contributed by atoms with E-state index in [9.17, 15) is 27.2 Å². The third-order valence-corrected chi connectivity index (χ3v) is 5.49. The summed E-state index contributed by atoms with van der Waals surface area (Å²) in [6, 6.07) is 13.1. The fourth-order valence-electron chi connectivity index (χ4n) is 2.61. The zero-order chi connectivity index (χ0) is 22.6. The molecule has 3 rings (SSSR count). The van der Waals surface area contributed by atoms with Gasteiger partial charge >= 0.3 is 0 Å². The number of nitrogens with zero attached hydrogens (tertiary/aromatic N) is 2. The lowest BCUT2D eigenvalue weighted by atomic mass is 10.2. The molecule has 0 bridgehead atoms. The SMILES string of the molecule is CC(=O)NS(=O)(=O)c1ccc(NC(=O)c2ccc(=O)n(Cc3ccc(F)cc3)n2)cc1. The van der Waals surface area contributed by atoms with Gasteiger partial charge in [0.25, 0.3) is 21.5 Å². The molecule has 2 amide bonds. The number of aromatic nitrogens is 2. The zero-order valence-corrected chi connectivity index (χ0v) is 17.0. The maximum absolute atomic E-state index is 13.0. The largest absolute Gasteiger partial charge is 0.321 e. The van der Waals surface area contributed by atoms with Crippen molar-refractivity contribution in [1.29, 1.82) is 0 Å². The van der Waals surface area contributed by atoms with Crippen molar-refractivity contribution in [1.82, 2.24) is 14.5 Å². The van der Waals surface area contributed by atoms with Crippen molar-refractivity contribution in [3.05, 3.63) is 88.1 Å². The quantitative estimate of drug-likeness (QED) is 0.593. The molecular formula is C20H17FN4O5S. The molecule has 0 saturated carbocycles. The first-order chi connectivity index (χ1) is 14.6. The minimum atomic E-state index is -3.99. The van der Waals surface area contributed by atoms with Crippen LogP contribution in [0.3, 0.4) is 0 Å². The summed E-state index contributed by atoms with van der Waals surface area (Å²) in [7, 11) is -3.99. The molecule has 2 N–H and O–H groups in total. The molecule has 1 heterocycles. The molecule has 160 valence electrons. The Bertz CT molecular complexity index is 1290. The van der Waals surface area contributed by atoms with Gasteiger partial charge in [0, 0.05) is 18.7 Å². The van der Waals surface area contributed by atoms with Gasteiger partial charge in [-0.1, -0.05) is 12.1 Å². The molecule has 9 nitrogen and oxygen atoms in total. The Morgan fingerprint density at radius 3 is 2.26 bits per heavy atom. The van der Waals surface area contributed by atoms with E-state index < -0.39 is 33.2 Å². The lowest BCUT2D eigenvalue weighted by Crippen LogP contribution is -2.28. The van der Waals surface area contributed by atoms with E-state index >= 15 is 0 Å². The van der Waals surface area contributed by atoms with Crippen LogP contribution in [0.1, 0.15) is 23.0 Å². The second-order valence-electron chi connectivity index (χ2n) is 6.48. The van der Waals surface area contributed by atoms with Gasteiger partial charge in [0.05, 0.1) is 11.4 Å². The molecular weight excluding hydrogens is 427 g/mol. The van der Waals surface area contributed by atoms with Crippen molar-refractivity contribution in [2.75, 3.05) is 5.32 Å². The van der Waals surface area contributed by atoms with Crippen molar-refractivity contribution < 1.29 is 22.4 Å². The lowest BCUT2D eigenvalue weighted by molar-refractivity contribution is -0.117. The first-order valence-electron chi connectivity index (χ1n) is 8.91. The van der Waals surface area contributed by atoms with Gasteiger partial charge in [-0.15, -0.1) is 0 Å². The summed E-state index contributed by atoms with van der Waals surface area (Å²) in [6.07, 6.45) is 0. The van der Waals surface area contributed by atoms with Crippen LogP contribution in [0.15, 0.2) is 70.4 Å². The summed E-state index contributed by atoms with van der Waals surface area (Å²) < 4.78 is 39.9. The molecule has 0 aliphatic heterocycles. The van der Waals surface area contributed by atoms with Crippen LogP contribution >= 0.6 is 0 Å². The maximum atomic E-state index is 13.0. The molecule has 2 aromatic carbocycles. The molecule has 0 saturated heterocycles. The topological polar surface area (TPSA) is 127 Å². The number of nitrogens with one attached hydrogen (secondary N) is 2. The van der Waals surface area contributed by atoms with E-state index in [0.29, 0.717) is 5.56 Å². The molecule has 0 radical (unpaired) electrons. The predicted molar refractivity (Wildman–Crippen MR) is 109 cm³/mol. The Kier molecular flexibility index (Phi) is 6.25. The number of carbonyl (C=O) groups is 2. The highest BCUT2D eigenvalue weighted by atomic mass is 32.2. The van der Waals surface area contributed by atoms with Gasteiger partial charge in [-0.2, -0.15) is 5.10 Å². The summed E-state index contributed by atoms with van der Waals surface area (Å²) in [4.78, 5) is 35.4. The van der Waals surface area contributed by atoms with Crippen LogP contribution in [-0.2, 0) is 21.4 Å². The number of benzene rings is 2. The lowest BCUT2D eigenvalue weighted by Gasteiger charge is -2.09. The highest BCUT2D eigenvalue weighted by Crippen LogP contribution is 2.14. The molecule has 11 heteroatoms. The smallest absolute Gasteiger partial charge is 0.276 e. The predicted octanol–water partition coefficient (Wildman–Crippen LogP) is 1.51. The Morgan fingerprint density at radius 1 is 1.00 bits per heavy atom. The monoisotopic (exact) mass is 444 g/mol. The van der Waals surface area contributed by atoms with Crippen LogP contribution < -0.4 is 15.6 Å². The standard InChI is InChI=1S/C20H17FN4O5S/c1-13(26)24-31(29,30)17-8-6-16(7-9-17)22-20(28)18-10-11-19(27)25(23-18)12-14-2-4-15(21)5-3-14/h2-11H,12H2,1H3,(H,22,28)(H,24,26). The van der Waals surface area contributed by atoms with Gasteiger partial charge in [-0.3, -0.25) is 14.4 Å². The van der Waals surface area contributed by atoms with E-state index in [2.05, 4.69) is 10.4 Å². The second kappa shape index (κ2) is 8.88. The maximum Gasteiger partial charge on any atom is 0.276 e. The van der Waals surface area contributed by atoms with Crippen LogP contribution in [-0.4, -0.2) is 30.0 Å². The first kappa shape index (κ1) is 21.8. The second-order valence-corrected chi connectivity index (χ2v) is 8.16. The minimum absolute atomic E-state index is 0.0448. The fourth-order valence-corrected chi connectivity index (χ4v) is 3.60. The number of hydrogen-bond acceptors (Lipinski definition) is 6. The molecule has 0 spiro atoms. The summed E-state index contributed by atoms with van der Waals surface area (Å²) >= 11 is 0. The molecule has 0 aliphatic rings. The summed E-state index contributed by atoms with van der Waals surface area (Å²) in [6.45, 7) is 1.13. The average molecular weight is 444 g/mol. The molecule has 0 unspecified atom stereocenters. The van der Waals surface area contributed by atoms with E-state index in [-0.39, 0.29) is 22.8 Å². The Hall–Kier alpha value is -3.86. The van der Waals surface area contributed by atoms with Crippen molar-refractivity contribution in [2.45, 2.75) is 18.4 Å². The van der Waals surface area contributed by atoms with Crippen molar-refractivity contribution in [3.8, 4) is 0 Å². The molecule has 0 atom stereocenters. The van der Waals surface area contributed by atoms with E-state index in [1.54, 1.807) is 0 Å². The van der Waals surface area contributed by atoms with E-state index in [4.69, 9.17) is 0 Å². The van der Waals surface area contributed by atoms with Crippen molar-refractivity contribution in [2.24, 2.45) is 0 Å². The van der Waals surface area contributed by atoms with Crippen LogP contribution in [0.25, 0.3) is 0 Å². The van der Waals surface area contributed by atoms with Crippen molar-refractivity contribution >= 4 is 27.5 Å². The van der Waals surface area contributed by atoms with Crippen LogP contribution in [0, 0.1) is 5.82 Å². The fraction of sp³-hybridized carbons (Fsp3) is 0.100. The van der Waals surface area contributed by atoms with E-state index in [0.717, 1.165) is 11.6 Å². The van der Waals surface area contributed by atoms with Gasteiger partial charge < -0.3 is 5.32 Å². The Morgan fingerprint density at radius 2 is 1.65 bits per heavy atom. The van der Waals surface area contributed by atoms with Gasteiger partial charge in [0.2, 0.25) is 5.91 Å². The molecule has 0 aliphatic carbocycles. The molecule has 3 aromatic rings. The van der Waals surface area contributed by atoms with Gasteiger partial charge in [0.1, 0.15) is 11.5 Å². The number of halogens is 1. The number of rotatable bonds is 6. The third-order valence-electron chi connectivity index (χ3n) is 4.05. The first-order valence-corrected chi connectivity index (χ1v) is 10.4. The number of carbonyl (C=O) groups excluding carboxylic acids is 2.